The van der Waals surface area contributed by atoms with Gasteiger partial charge in [-0.1, -0.05) is 42.7 Å². The molecule has 1 aliphatic rings. The molecule has 0 radical (unpaired) electrons. The van der Waals surface area contributed by atoms with Gasteiger partial charge in [-0.2, -0.15) is 0 Å². The van der Waals surface area contributed by atoms with E-state index < -0.39 is 0 Å². The molecule has 0 bridgehead atoms. The zero-order chi connectivity index (χ0) is 14.9. The molecule has 1 aliphatic carbocycles. The Hall–Kier alpha value is -1.62. The molecule has 1 saturated carbocycles. The van der Waals surface area contributed by atoms with E-state index in [4.69, 9.17) is 0 Å². The summed E-state index contributed by atoms with van der Waals surface area (Å²) in [6.07, 6.45) is 6.87. The Morgan fingerprint density at radius 1 is 1.18 bits per heavy atom. The van der Waals surface area contributed by atoms with Crippen LogP contribution in [0, 0.1) is 12.8 Å². The third kappa shape index (κ3) is 2.70. The topological polar surface area (TPSA) is 54.5 Å². The monoisotopic (exact) mass is 312 g/mol. The number of H-pyrrole nitrogens is 1. The Balaban J connectivity index is 1.59. The summed E-state index contributed by atoms with van der Waals surface area (Å²) in [5.41, 5.74) is 4.03. The highest BCUT2D eigenvalue weighted by atomic mass is 32.2. The lowest BCUT2D eigenvalue weighted by Crippen LogP contribution is -2.09. The summed E-state index contributed by atoms with van der Waals surface area (Å²) in [4.78, 5) is 8.02. The molecule has 0 saturated heterocycles. The number of aromatic amines is 1. The van der Waals surface area contributed by atoms with Crippen molar-refractivity contribution in [1.29, 1.82) is 0 Å². The molecule has 1 aromatic carbocycles. The normalized spacial score (nSPS) is 16.6. The standard InChI is InChI=1S/C17H20N4S/c1-11-7-8-14-13(9-11)15-16(18-14)19-17(21-20-15)22-10-12-5-3-2-4-6-12/h7-9,12H,2-6,10H2,1H3,(H,18,19,21). The Morgan fingerprint density at radius 2 is 2.05 bits per heavy atom. The SMILES string of the molecule is Cc1ccc2[nH]c3nc(SCC4CCCCC4)nnc3c2c1. The first kappa shape index (κ1) is 14.0. The maximum atomic E-state index is 4.66. The maximum absolute atomic E-state index is 4.66. The van der Waals surface area contributed by atoms with Gasteiger partial charge in [-0.25, -0.2) is 4.98 Å². The number of thioether (sulfide) groups is 1. The largest absolute Gasteiger partial charge is 0.338 e. The van der Waals surface area contributed by atoms with E-state index in [2.05, 4.69) is 45.3 Å². The molecule has 0 amide bonds. The van der Waals surface area contributed by atoms with Gasteiger partial charge in [-0.05, 0) is 37.8 Å². The number of nitrogens with one attached hydrogen (secondary N) is 1. The van der Waals surface area contributed by atoms with Crippen molar-refractivity contribution in [2.45, 2.75) is 44.2 Å². The van der Waals surface area contributed by atoms with Crippen molar-refractivity contribution >= 4 is 33.8 Å². The van der Waals surface area contributed by atoms with E-state index in [0.717, 1.165) is 38.9 Å². The van der Waals surface area contributed by atoms with Gasteiger partial charge in [-0.15, -0.1) is 10.2 Å². The van der Waals surface area contributed by atoms with Gasteiger partial charge in [0, 0.05) is 16.7 Å². The number of fused-ring (bicyclic) bond motifs is 3. The fraction of sp³-hybridized carbons (Fsp3) is 0.471. The second kappa shape index (κ2) is 5.88. The fourth-order valence-corrected chi connectivity index (χ4v) is 4.25. The lowest BCUT2D eigenvalue weighted by atomic mass is 9.91. The Kier molecular flexibility index (Phi) is 3.74. The smallest absolute Gasteiger partial charge is 0.211 e. The number of hydrogen-bond acceptors (Lipinski definition) is 4. The van der Waals surface area contributed by atoms with E-state index in [1.807, 2.05) is 0 Å². The highest BCUT2D eigenvalue weighted by Crippen LogP contribution is 2.29. The minimum atomic E-state index is 0.793. The molecule has 0 unspecified atom stereocenters. The van der Waals surface area contributed by atoms with Crippen LogP contribution < -0.4 is 0 Å². The van der Waals surface area contributed by atoms with Gasteiger partial charge < -0.3 is 4.98 Å². The second-order valence-corrected chi connectivity index (χ2v) is 7.27. The van der Waals surface area contributed by atoms with Gasteiger partial charge in [0.2, 0.25) is 5.16 Å². The van der Waals surface area contributed by atoms with Crippen LogP contribution in [0.4, 0.5) is 0 Å². The van der Waals surface area contributed by atoms with Crippen molar-refractivity contribution < 1.29 is 0 Å². The van der Waals surface area contributed by atoms with Gasteiger partial charge in [-0.3, -0.25) is 0 Å². The molecule has 3 aromatic rings. The molecule has 0 atom stereocenters. The van der Waals surface area contributed by atoms with Crippen molar-refractivity contribution in [1.82, 2.24) is 20.2 Å². The molecule has 4 nitrogen and oxygen atoms in total. The molecule has 114 valence electrons. The van der Waals surface area contributed by atoms with Crippen LogP contribution in [0.1, 0.15) is 37.7 Å². The minimum Gasteiger partial charge on any atom is -0.338 e. The average molecular weight is 312 g/mol. The number of rotatable bonds is 3. The molecular weight excluding hydrogens is 292 g/mol. The highest BCUT2D eigenvalue weighted by Gasteiger charge is 2.15. The average Bonchev–Trinajstić information content (AvgIpc) is 2.91. The van der Waals surface area contributed by atoms with Crippen LogP contribution in [-0.2, 0) is 0 Å². The Labute approximate surface area is 134 Å². The third-order valence-corrected chi connectivity index (χ3v) is 5.59. The zero-order valence-electron chi connectivity index (χ0n) is 12.8. The highest BCUT2D eigenvalue weighted by molar-refractivity contribution is 7.99. The van der Waals surface area contributed by atoms with E-state index in [-0.39, 0.29) is 0 Å². The molecule has 2 heterocycles. The van der Waals surface area contributed by atoms with Crippen LogP contribution in [0.2, 0.25) is 0 Å². The quantitative estimate of drug-likeness (QED) is 0.724. The summed E-state index contributed by atoms with van der Waals surface area (Å²) in [6.45, 7) is 2.09. The summed E-state index contributed by atoms with van der Waals surface area (Å²) < 4.78 is 0. The Morgan fingerprint density at radius 3 is 2.91 bits per heavy atom. The molecule has 22 heavy (non-hydrogen) atoms. The van der Waals surface area contributed by atoms with Crippen LogP contribution in [0.5, 0.6) is 0 Å². The zero-order valence-corrected chi connectivity index (χ0v) is 13.6. The van der Waals surface area contributed by atoms with Gasteiger partial charge in [0.25, 0.3) is 0 Å². The summed E-state index contributed by atoms with van der Waals surface area (Å²) in [5.74, 6) is 1.94. The minimum absolute atomic E-state index is 0.793. The number of aromatic nitrogens is 4. The molecule has 5 heteroatoms. The van der Waals surface area contributed by atoms with E-state index in [0.29, 0.717) is 0 Å². The first-order chi connectivity index (χ1) is 10.8. The number of aryl methyl sites for hydroxylation is 1. The lowest BCUT2D eigenvalue weighted by Gasteiger charge is -2.20. The van der Waals surface area contributed by atoms with Crippen LogP contribution in [-0.4, -0.2) is 25.9 Å². The predicted molar refractivity (Wildman–Crippen MR) is 91.2 cm³/mol. The Bertz CT molecular complexity index is 805. The van der Waals surface area contributed by atoms with Crippen molar-refractivity contribution in [3.63, 3.8) is 0 Å². The molecule has 2 aromatic heterocycles. The summed E-state index contributed by atoms with van der Waals surface area (Å²) in [7, 11) is 0. The van der Waals surface area contributed by atoms with E-state index >= 15 is 0 Å². The maximum Gasteiger partial charge on any atom is 0.211 e. The fourth-order valence-electron chi connectivity index (χ4n) is 3.28. The van der Waals surface area contributed by atoms with Gasteiger partial charge in [0.1, 0.15) is 5.52 Å². The molecular formula is C17H20N4S. The van der Waals surface area contributed by atoms with Crippen LogP contribution in [0.15, 0.2) is 23.4 Å². The number of nitrogens with zero attached hydrogens (tertiary/aromatic N) is 3. The molecule has 4 rings (SSSR count). The molecule has 1 N–H and O–H groups in total. The van der Waals surface area contributed by atoms with Gasteiger partial charge in [0.15, 0.2) is 5.65 Å². The summed E-state index contributed by atoms with van der Waals surface area (Å²) in [5, 5.41) is 10.6. The summed E-state index contributed by atoms with van der Waals surface area (Å²) >= 11 is 1.75. The lowest BCUT2D eigenvalue weighted by molar-refractivity contribution is 0.390. The summed E-state index contributed by atoms with van der Waals surface area (Å²) in [6, 6.07) is 6.33. The van der Waals surface area contributed by atoms with Crippen molar-refractivity contribution in [3.05, 3.63) is 23.8 Å². The van der Waals surface area contributed by atoms with Gasteiger partial charge in [0.05, 0.1) is 0 Å². The first-order valence-electron chi connectivity index (χ1n) is 8.05. The number of hydrogen-bond donors (Lipinski definition) is 1. The van der Waals surface area contributed by atoms with Crippen LogP contribution in [0.25, 0.3) is 22.1 Å². The number of benzene rings is 1. The first-order valence-corrected chi connectivity index (χ1v) is 9.04. The van der Waals surface area contributed by atoms with E-state index in [9.17, 15) is 0 Å². The van der Waals surface area contributed by atoms with Gasteiger partial charge >= 0.3 is 0 Å². The van der Waals surface area contributed by atoms with Crippen LogP contribution in [0.3, 0.4) is 0 Å². The molecule has 1 fully saturated rings. The third-order valence-electron chi connectivity index (χ3n) is 4.52. The predicted octanol–water partition coefficient (Wildman–Crippen LogP) is 4.49. The van der Waals surface area contributed by atoms with Crippen LogP contribution >= 0.6 is 11.8 Å². The van der Waals surface area contributed by atoms with Crippen molar-refractivity contribution in [2.24, 2.45) is 5.92 Å². The second-order valence-electron chi connectivity index (χ2n) is 6.28. The van der Waals surface area contributed by atoms with Crippen molar-refractivity contribution in [2.75, 3.05) is 5.75 Å². The van der Waals surface area contributed by atoms with E-state index in [1.54, 1.807) is 11.8 Å². The molecule has 0 aliphatic heterocycles. The molecule has 0 spiro atoms. The van der Waals surface area contributed by atoms with Crippen molar-refractivity contribution in [3.8, 4) is 0 Å². The van der Waals surface area contributed by atoms with E-state index in [1.165, 1.54) is 37.7 Å².